The molecule has 2 N–H and O–H groups in total. The van der Waals surface area contributed by atoms with E-state index in [4.69, 9.17) is 5.73 Å². The van der Waals surface area contributed by atoms with Gasteiger partial charge in [-0.2, -0.15) is 0 Å². The van der Waals surface area contributed by atoms with Gasteiger partial charge in [-0.15, -0.1) is 0 Å². The first kappa shape index (κ1) is 13.6. The van der Waals surface area contributed by atoms with Crippen LogP contribution in [0, 0.1) is 12.8 Å². The molecule has 1 amide bonds. The van der Waals surface area contributed by atoms with E-state index in [1.807, 2.05) is 39.0 Å². The molecule has 0 aliphatic heterocycles. The van der Waals surface area contributed by atoms with Gasteiger partial charge in [0.15, 0.2) is 0 Å². The Hall–Kier alpha value is -1.42. The zero-order valence-electron chi connectivity index (χ0n) is 11.0. The average molecular weight is 235 g/mol. The number of amides is 1. The van der Waals surface area contributed by atoms with Gasteiger partial charge < -0.3 is 10.6 Å². The van der Waals surface area contributed by atoms with E-state index in [0.29, 0.717) is 6.54 Å². The summed E-state index contributed by atoms with van der Waals surface area (Å²) < 4.78 is 0. The van der Waals surface area contributed by atoms with Crippen LogP contribution in [0.3, 0.4) is 0 Å². The molecule has 1 rings (SSSR count). The number of aromatic nitrogens is 1. The first-order valence-electron chi connectivity index (χ1n) is 5.85. The average Bonchev–Trinajstić information content (AvgIpc) is 2.26. The molecule has 4 nitrogen and oxygen atoms in total. The molecule has 0 unspecified atom stereocenters. The van der Waals surface area contributed by atoms with E-state index in [-0.39, 0.29) is 11.8 Å². The Balaban J connectivity index is 2.66. The SMILES string of the molecule is Cc1cccc(CN(C)C(=O)[C@H](N)C(C)C)n1. The molecule has 17 heavy (non-hydrogen) atoms. The Bertz CT molecular complexity index is 390. The van der Waals surface area contributed by atoms with Gasteiger partial charge in [0.2, 0.25) is 5.91 Å². The summed E-state index contributed by atoms with van der Waals surface area (Å²) in [5.74, 6) is 0.110. The largest absolute Gasteiger partial charge is 0.339 e. The van der Waals surface area contributed by atoms with Gasteiger partial charge in [-0.3, -0.25) is 9.78 Å². The van der Waals surface area contributed by atoms with Crippen LogP contribution in [0.1, 0.15) is 25.2 Å². The number of pyridine rings is 1. The molecule has 0 radical (unpaired) electrons. The second-order valence-electron chi connectivity index (χ2n) is 4.73. The molecule has 1 aromatic heterocycles. The highest BCUT2D eigenvalue weighted by Gasteiger charge is 2.21. The minimum Gasteiger partial charge on any atom is -0.339 e. The van der Waals surface area contributed by atoms with E-state index < -0.39 is 6.04 Å². The highest BCUT2D eigenvalue weighted by molar-refractivity contribution is 5.81. The minimum absolute atomic E-state index is 0.0386. The molecular formula is C13H21N3O. The molecule has 1 heterocycles. The van der Waals surface area contributed by atoms with E-state index in [2.05, 4.69) is 4.98 Å². The molecular weight excluding hydrogens is 214 g/mol. The van der Waals surface area contributed by atoms with Crippen LogP contribution in [0.25, 0.3) is 0 Å². The van der Waals surface area contributed by atoms with Gasteiger partial charge in [-0.25, -0.2) is 0 Å². The quantitative estimate of drug-likeness (QED) is 0.856. The zero-order chi connectivity index (χ0) is 13.0. The van der Waals surface area contributed by atoms with Crippen LogP contribution < -0.4 is 5.73 Å². The molecule has 0 aliphatic carbocycles. The number of nitrogens with two attached hydrogens (primary N) is 1. The maximum Gasteiger partial charge on any atom is 0.239 e. The topological polar surface area (TPSA) is 59.2 Å². The third-order valence-electron chi connectivity index (χ3n) is 2.72. The van der Waals surface area contributed by atoms with E-state index >= 15 is 0 Å². The molecule has 94 valence electrons. The van der Waals surface area contributed by atoms with Crippen LogP contribution in [0.15, 0.2) is 18.2 Å². The van der Waals surface area contributed by atoms with Crippen molar-refractivity contribution < 1.29 is 4.79 Å². The third kappa shape index (κ3) is 3.82. The summed E-state index contributed by atoms with van der Waals surface area (Å²) in [6.07, 6.45) is 0. The summed E-state index contributed by atoms with van der Waals surface area (Å²) >= 11 is 0. The summed E-state index contributed by atoms with van der Waals surface area (Å²) in [6, 6.07) is 5.35. The molecule has 0 saturated heterocycles. The first-order valence-corrected chi connectivity index (χ1v) is 5.85. The summed E-state index contributed by atoms with van der Waals surface area (Å²) in [7, 11) is 1.76. The maximum atomic E-state index is 11.9. The van der Waals surface area contributed by atoms with Crippen molar-refractivity contribution in [3.8, 4) is 0 Å². The lowest BCUT2D eigenvalue weighted by molar-refractivity contribution is -0.132. The first-order chi connectivity index (χ1) is 7.91. The number of rotatable bonds is 4. The zero-order valence-corrected chi connectivity index (χ0v) is 11.0. The van der Waals surface area contributed by atoms with Crippen LogP contribution in [0.4, 0.5) is 0 Å². The Kier molecular flexibility index (Phi) is 4.63. The smallest absolute Gasteiger partial charge is 0.239 e. The lowest BCUT2D eigenvalue weighted by Gasteiger charge is -2.23. The predicted molar refractivity (Wildman–Crippen MR) is 68.3 cm³/mol. The molecule has 0 aromatic carbocycles. The van der Waals surface area contributed by atoms with Crippen LogP contribution in [-0.4, -0.2) is 28.9 Å². The normalized spacial score (nSPS) is 12.6. The molecule has 0 bridgehead atoms. The van der Waals surface area contributed by atoms with Crippen molar-refractivity contribution >= 4 is 5.91 Å². The Morgan fingerprint density at radius 3 is 2.65 bits per heavy atom. The number of carbonyl (C=O) groups is 1. The summed E-state index contributed by atoms with van der Waals surface area (Å²) in [5.41, 5.74) is 7.67. The molecule has 1 aromatic rings. The molecule has 4 heteroatoms. The fourth-order valence-corrected chi connectivity index (χ4v) is 1.55. The van der Waals surface area contributed by atoms with E-state index in [1.165, 1.54) is 0 Å². The van der Waals surface area contributed by atoms with Gasteiger partial charge in [0.1, 0.15) is 0 Å². The van der Waals surface area contributed by atoms with E-state index in [1.54, 1.807) is 11.9 Å². The second kappa shape index (κ2) is 5.77. The van der Waals surface area contributed by atoms with Crippen molar-refractivity contribution in [2.24, 2.45) is 11.7 Å². The van der Waals surface area contributed by atoms with Gasteiger partial charge in [-0.05, 0) is 25.0 Å². The second-order valence-corrected chi connectivity index (χ2v) is 4.73. The van der Waals surface area contributed by atoms with E-state index in [9.17, 15) is 4.79 Å². The Morgan fingerprint density at radius 1 is 1.47 bits per heavy atom. The standard InChI is InChI=1S/C13H21N3O/c1-9(2)12(14)13(17)16(4)8-11-7-5-6-10(3)15-11/h5-7,9,12H,8,14H2,1-4H3/t12-/m1/s1. The van der Waals surface area contributed by atoms with Crippen molar-refractivity contribution in [3.63, 3.8) is 0 Å². The van der Waals surface area contributed by atoms with Crippen molar-refractivity contribution in [2.45, 2.75) is 33.4 Å². The Labute approximate surface area is 103 Å². The minimum atomic E-state index is -0.440. The summed E-state index contributed by atoms with van der Waals surface area (Å²) in [4.78, 5) is 17.9. The fraction of sp³-hybridized carbons (Fsp3) is 0.538. The monoisotopic (exact) mass is 235 g/mol. The number of aryl methyl sites for hydroxylation is 1. The molecule has 1 atom stereocenters. The van der Waals surface area contributed by atoms with Gasteiger partial charge >= 0.3 is 0 Å². The molecule has 0 spiro atoms. The number of nitrogens with zero attached hydrogens (tertiary/aromatic N) is 2. The third-order valence-corrected chi connectivity index (χ3v) is 2.72. The van der Waals surface area contributed by atoms with Crippen LogP contribution in [0.5, 0.6) is 0 Å². The molecule has 0 fully saturated rings. The van der Waals surface area contributed by atoms with Crippen LogP contribution in [0.2, 0.25) is 0 Å². The molecule has 0 aliphatic rings. The lowest BCUT2D eigenvalue weighted by Crippen LogP contribution is -2.44. The highest BCUT2D eigenvalue weighted by Crippen LogP contribution is 2.06. The van der Waals surface area contributed by atoms with Crippen molar-refractivity contribution in [1.29, 1.82) is 0 Å². The number of likely N-dealkylation sites (N-methyl/N-ethyl adjacent to an activating group) is 1. The number of hydrogen-bond donors (Lipinski definition) is 1. The molecule has 0 saturated carbocycles. The van der Waals surface area contributed by atoms with Gasteiger partial charge in [-0.1, -0.05) is 19.9 Å². The number of hydrogen-bond acceptors (Lipinski definition) is 3. The van der Waals surface area contributed by atoms with Crippen LogP contribution >= 0.6 is 0 Å². The number of carbonyl (C=O) groups excluding carboxylic acids is 1. The maximum absolute atomic E-state index is 11.9. The highest BCUT2D eigenvalue weighted by atomic mass is 16.2. The van der Waals surface area contributed by atoms with Gasteiger partial charge in [0.25, 0.3) is 0 Å². The Morgan fingerprint density at radius 2 is 2.12 bits per heavy atom. The predicted octanol–water partition coefficient (Wildman–Crippen LogP) is 1.33. The van der Waals surface area contributed by atoms with Gasteiger partial charge in [0.05, 0.1) is 18.3 Å². The fourth-order valence-electron chi connectivity index (χ4n) is 1.55. The van der Waals surface area contributed by atoms with Crippen molar-refractivity contribution in [3.05, 3.63) is 29.6 Å². The van der Waals surface area contributed by atoms with E-state index in [0.717, 1.165) is 11.4 Å². The van der Waals surface area contributed by atoms with Crippen LogP contribution in [-0.2, 0) is 11.3 Å². The lowest BCUT2D eigenvalue weighted by atomic mass is 10.0. The van der Waals surface area contributed by atoms with Crippen molar-refractivity contribution in [1.82, 2.24) is 9.88 Å². The van der Waals surface area contributed by atoms with Gasteiger partial charge in [0, 0.05) is 12.7 Å². The summed E-state index contributed by atoms with van der Waals surface area (Å²) in [5, 5.41) is 0. The summed E-state index contributed by atoms with van der Waals surface area (Å²) in [6.45, 7) is 6.33. The van der Waals surface area contributed by atoms with Crippen molar-refractivity contribution in [2.75, 3.05) is 7.05 Å².